The van der Waals surface area contributed by atoms with Crippen molar-refractivity contribution in [3.05, 3.63) is 0 Å². The first-order chi connectivity index (χ1) is 7.98. The Morgan fingerprint density at radius 1 is 1.35 bits per heavy atom. The summed E-state index contributed by atoms with van der Waals surface area (Å²) in [6.45, 7) is 3.61. The smallest absolute Gasteiger partial charge is 0.224 e. The molecule has 2 N–H and O–H groups in total. The van der Waals surface area contributed by atoms with Gasteiger partial charge in [0, 0.05) is 12.6 Å². The van der Waals surface area contributed by atoms with Gasteiger partial charge in [-0.25, -0.2) is 8.42 Å². The predicted octanol–water partition coefficient (Wildman–Crippen LogP) is -0.465. The predicted molar refractivity (Wildman–Crippen MR) is 65.3 cm³/mol. The van der Waals surface area contributed by atoms with Gasteiger partial charge < -0.3 is 10.6 Å². The van der Waals surface area contributed by atoms with Crippen molar-refractivity contribution in [1.29, 1.82) is 0 Å². The van der Waals surface area contributed by atoms with E-state index in [0.717, 1.165) is 13.0 Å². The van der Waals surface area contributed by atoms with Crippen molar-refractivity contribution in [3.8, 4) is 0 Å². The lowest BCUT2D eigenvalue weighted by Gasteiger charge is -2.25. The zero-order chi connectivity index (χ0) is 12.5. The number of hydrogen-bond acceptors (Lipinski definition) is 4. The van der Waals surface area contributed by atoms with Gasteiger partial charge in [-0.1, -0.05) is 6.92 Å². The number of carbonyl (C=O) groups is 1. The Hall–Kier alpha value is -0.620. The van der Waals surface area contributed by atoms with Crippen molar-refractivity contribution in [2.75, 3.05) is 24.6 Å². The highest BCUT2D eigenvalue weighted by Crippen LogP contribution is 2.18. The second kappa shape index (κ2) is 4.94. The van der Waals surface area contributed by atoms with E-state index in [2.05, 4.69) is 10.6 Å². The Morgan fingerprint density at radius 2 is 2.12 bits per heavy atom. The van der Waals surface area contributed by atoms with Gasteiger partial charge in [0.2, 0.25) is 5.91 Å². The third-order valence-electron chi connectivity index (χ3n) is 3.66. The van der Waals surface area contributed by atoms with Gasteiger partial charge in [0.15, 0.2) is 9.84 Å². The Kier molecular flexibility index (Phi) is 3.73. The van der Waals surface area contributed by atoms with E-state index in [-0.39, 0.29) is 29.4 Å². The summed E-state index contributed by atoms with van der Waals surface area (Å²) in [4.78, 5) is 12.0. The van der Waals surface area contributed by atoms with E-state index in [1.807, 2.05) is 6.92 Å². The number of hydrogen-bond donors (Lipinski definition) is 2. The number of sulfone groups is 1. The fourth-order valence-electron chi connectivity index (χ4n) is 2.61. The van der Waals surface area contributed by atoms with E-state index in [1.54, 1.807) is 0 Å². The maximum Gasteiger partial charge on any atom is 0.224 e. The number of carbonyl (C=O) groups excluding carboxylic acids is 1. The van der Waals surface area contributed by atoms with Gasteiger partial charge in [0.25, 0.3) is 0 Å². The average Bonchev–Trinajstić information content (AvgIpc) is 2.62. The van der Waals surface area contributed by atoms with Crippen LogP contribution in [0.3, 0.4) is 0 Å². The van der Waals surface area contributed by atoms with E-state index in [1.165, 1.54) is 0 Å². The van der Waals surface area contributed by atoms with Crippen molar-refractivity contribution in [3.63, 3.8) is 0 Å². The lowest BCUT2D eigenvalue weighted by atomic mass is 9.97. The molecule has 2 heterocycles. The van der Waals surface area contributed by atoms with Crippen molar-refractivity contribution >= 4 is 15.7 Å². The van der Waals surface area contributed by atoms with E-state index in [4.69, 9.17) is 0 Å². The summed E-state index contributed by atoms with van der Waals surface area (Å²) in [7, 11) is -2.94. The van der Waals surface area contributed by atoms with E-state index in [9.17, 15) is 13.2 Å². The third kappa shape index (κ3) is 3.19. The molecular formula is C11H20N2O3S. The van der Waals surface area contributed by atoms with Crippen LogP contribution < -0.4 is 10.6 Å². The normalized spacial score (nSPS) is 36.6. The maximum atomic E-state index is 12.0. The van der Waals surface area contributed by atoms with E-state index >= 15 is 0 Å². The molecule has 0 aromatic heterocycles. The van der Waals surface area contributed by atoms with Crippen LogP contribution in [0, 0.1) is 11.8 Å². The van der Waals surface area contributed by atoms with Crippen LogP contribution in [0.2, 0.25) is 0 Å². The van der Waals surface area contributed by atoms with E-state index in [0.29, 0.717) is 18.9 Å². The Labute approximate surface area is 102 Å². The minimum absolute atomic E-state index is 0.00426. The molecule has 0 radical (unpaired) electrons. The van der Waals surface area contributed by atoms with Crippen LogP contribution in [-0.2, 0) is 14.6 Å². The molecule has 0 aromatic rings. The number of nitrogens with one attached hydrogen (secondary N) is 2. The first-order valence-electron chi connectivity index (χ1n) is 6.19. The number of amides is 1. The van der Waals surface area contributed by atoms with Crippen LogP contribution in [0.4, 0.5) is 0 Å². The highest BCUT2D eigenvalue weighted by Gasteiger charge is 2.32. The molecule has 98 valence electrons. The van der Waals surface area contributed by atoms with Gasteiger partial charge in [-0.2, -0.15) is 0 Å². The van der Waals surface area contributed by atoms with E-state index < -0.39 is 9.84 Å². The van der Waals surface area contributed by atoms with Gasteiger partial charge in [-0.3, -0.25) is 4.79 Å². The Balaban J connectivity index is 1.90. The molecule has 17 heavy (non-hydrogen) atoms. The fourth-order valence-corrected chi connectivity index (χ4v) is 4.24. The molecule has 2 fully saturated rings. The highest BCUT2D eigenvalue weighted by atomic mass is 32.2. The van der Waals surface area contributed by atoms with Crippen LogP contribution in [0.15, 0.2) is 0 Å². The van der Waals surface area contributed by atoms with Crippen LogP contribution in [0.1, 0.15) is 19.8 Å². The molecule has 2 rings (SSSR count). The third-order valence-corrected chi connectivity index (χ3v) is 5.48. The molecule has 6 heteroatoms. The van der Waals surface area contributed by atoms with Gasteiger partial charge in [0.05, 0.1) is 17.4 Å². The zero-order valence-corrected chi connectivity index (χ0v) is 10.9. The molecule has 5 nitrogen and oxygen atoms in total. The summed E-state index contributed by atoms with van der Waals surface area (Å²) in [5.41, 5.74) is 0. The summed E-state index contributed by atoms with van der Waals surface area (Å²) < 4.78 is 22.9. The van der Waals surface area contributed by atoms with Crippen molar-refractivity contribution in [2.45, 2.75) is 25.8 Å². The van der Waals surface area contributed by atoms with Gasteiger partial charge in [-0.05, 0) is 25.3 Å². The largest absolute Gasteiger partial charge is 0.352 e. The zero-order valence-electron chi connectivity index (χ0n) is 10.1. The second-order valence-corrected chi connectivity index (χ2v) is 7.43. The molecule has 3 atom stereocenters. The summed E-state index contributed by atoms with van der Waals surface area (Å²) in [5.74, 6) is 0.688. The van der Waals surface area contributed by atoms with Crippen molar-refractivity contribution in [2.24, 2.45) is 11.8 Å². The summed E-state index contributed by atoms with van der Waals surface area (Å²) >= 11 is 0. The average molecular weight is 260 g/mol. The molecule has 1 unspecified atom stereocenters. The van der Waals surface area contributed by atoms with Gasteiger partial charge >= 0.3 is 0 Å². The second-order valence-electron chi connectivity index (χ2n) is 5.20. The first kappa shape index (κ1) is 12.8. The molecule has 0 spiro atoms. The molecule has 0 saturated carbocycles. The molecule has 2 aliphatic heterocycles. The molecule has 2 saturated heterocycles. The molecule has 2 aliphatic rings. The summed E-state index contributed by atoms with van der Waals surface area (Å²) in [6, 6.07) is -0.186. The minimum atomic E-state index is -2.94. The quantitative estimate of drug-likeness (QED) is 0.704. The van der Waals surface area contributed by atoms with Gasteiger partial charge in [0.1, 0.15) is 0 Å². The fraction of sp³-hybridized carbons (Fsp3) is 0.909. The molecule has 0 aromatic carbocycles. The topological polar surface area (TPSA) is 75.3 Å². The van der Waals surface area contributed by atoms with Crippen LogP contribution in [-0.4, -0.2) is 45.0 Å². The standard InChI is InChI=1S/C11H20N2O3S/c1-8-5-12-6-10(8)11(14)13-9-3-2-4-17(15,16)7-9/h8-10,12H,2-7H2,1H3,(H,13,14)/t8-,9?,10-/m1/s1. The minimum Gasteiger partial charge on any atom is -0.352 e. The van der Waals surface area contributed by atoms with Crippen LogP contribution in [0.5, 0.6) is 0 Å². The summed E-state index contributed by atoms with van der Waals surface area (Å²) in [6.07, 6.45) is 1.44. The summed E-state index contributed by atoms with van der Waals surface area (Å²) in [5, 5.41) is 6.07. The maximum absolute atomic E-state index is 12.0. The van der Waals surface area contributed by atoms with Crippen molar-refractivity contribution in [1.82, 2.24) is 10.6 Å². The monoisotopic (exact) mass is 260 g/mol. The van der Waals surface area contributed by atoms with Crippen LogP contribution in [0.25, 0.3) is 0 Å². The molecular weight excluding hydrogens is 240 g/mol. The van der Waals surface area contributed by atoms with Crippen molar-refractivity contribution < 1.29 is 13.2 Å². The number of rotatable bonds is 2. The SMILES string of the molecule is C[C@@H]1CNC[C@H]1C(=O)NC1CCCS(=O)(=O)C1. The Morgan fingerprint density at radius 3 is 2.71 bits per heavy atom. The molecule has 0 bridgehead atoms. The van der Waals surface area contributed by atoms with Gasteiger partial charge in [-0.15, -0.1) is 0 Å². The first-order valence-corrected chi connectivity index (χ1v) is 8.01. The Bertz CT molecular complexity index is 394. The van der Waals surface area contributed by atoms with Crippen LogP contribution >= 0.6 is 0 Å². The lowest BCUT2D eigenvalue weighted by molar-refractivity contribution is -0.126. The lowest BCUT2D eigenvalue weighted by Crippen LogP contribution is -2.46. The molecule has 0 aliphatic carbocycles. The molecule has 1 amide bonds. The highest BCUT2D eigenvalue weighted by molar-refractivity contribution is 7.91.